The summed E-state index contributed by atoms with van der Waals surface area (Å²) in [4.78, 5) is 0. The van der Waals surface area contributed by atoms with E-state index in [4.69, 9.17) is 14.2 Å². The number of nitrogens with zero attached hydrogens (tertiary/aromatic N) is 2. The second-order valence-corrected chi connectivity index (χ2v) is 5.97. The largest absolute Gasteiger partial charge is 0.479 e. The number of halogens is 1. The van der Waals surface area contributed by atoms with Gasteiger partial charge in [-0.3, -0.25) is 4.68 Å². The first-order valence-corrected chi connectivity index (χ1v) is 7.37. The summed E-state index contributed by atoms with van der Waals surface area (Å²) >= 11 is 2.25. The fourth-order valence-corrected chi connectivity index (χ4v) is 3.38. The fraction of sp³-hybridized carbons (Fsp3) is 0.750. The Morgan fingerprint density at radius 2 is 2.06 bits per heavy atom. The van der Waals surface area contributed by atoms with Crippen LogP contribution in [0.3, 0.4) is 0 Å². The van der Waals surface area contributed by atoms with Crippen molar-refractivity contribution in [1.29, 1.82) is 0 Å². The van der Waals surface area contributed by atoms with Gasteiger partial charge in [-0.05, 0) is 35.4 Å². The molecule has 3 rings (SSSR count). The molecule has 1 aromatic heterocycles. The molecule has 1 saturated heterocycles. The standard InChI is InChI=1S/C12H17IN2O3/c1-16-11-10(13)8-15(14-11)9-2-4-12(5-3-9)17-6-7-18-12/h8-9H,2-7H2,1H3. The van der Waals surface area contributed by atoms with Crippen LogP contribution in [0.2, 0.25) is 0 Å². The number of hydrogen-bond donors (Lipinski definition) is 0. The van der Waals surface area contributed by atoms with Crippen LogP contribution in [0.4, 0.5) is 0 Å². The molecule has 6 heteroatoms. The predicted molar refractivity (Wildman–Crippen MR) is 73.6 cm³/mol. The summed E-state index contributed by atoms with van der Waals surface area (Å²) in [5, 5.41) is 4.47. The Bertz CT molecular complexity index is 419. The van der Waals surface area contributed by atoms with E-state index in [0.29, 0.717) is 11.9 Å². The van der Waals surface area contributed by atoms with Crippen molar-refractivity contribution in [1.82, 2.24) is 9.78 Å². The van der Waals surface area contributed by atoms with Crippen molar-refractivity contribution in [3.8, 4) is 5.88 Å². The van der Waals surface area contributed by atoms with E-state index in [0.717, 1.165) is 42.5 Å². The third-order valence-corrected chi connectivity index (χ3v) is 4.49. The van der Waals surface area contributed by atoms with Crippen LogP contribution < -0.4 is 4.74 Å². The van der Waals surface area contributed by atoms with Gasteiger partial charge < -0.3 is 14.2 Å². The maximum Gasteiger partial charge on any atom is 0.246 e. The minimum atomic E-state index is -0.291. The summed E-state index contributed by atoms with van der Waals surface area (Å²) in [6, 6.07) is 0.431. The maximum absolute atomic E-state index is 5.74. The van der Waals surface area contributed by atoms with Crippen molar-refractivity contribution >= 4 is 22.6 Å². The lowest BCUT2D eigenvalue weighted by atomic mass is 9.90. The van der Waals surface area contributed by atoms with Crippen LogP contribution in [0.25, 0.3) is 0 Å². The average Bonchev–Trinajstić information content (AvgIpc) is 2.98. The van der Waals surface area contributed by atoms with Crippen LogP contribution in [0.5, 0.6) is 5.88 Å². The molecule has 0 N–H and O–H groups in total. The van der Waals surface area contributed by atoms with Crippen LogP contribution in [0.15, 0.2) is 6.20 Å². The molecule has 2 fully saturated rings. The molecule has 1 aliphatic heterocycles. The number of ether oxygens (including phenoxy) is 3. The first-order valence-electron chi connectivity index (χ1n) is 6.29. The van der Waals surface area contributed by atoms with E-state index >= 15 is 0 Å². The van der Waals surface area contributed by atoms with Gasteiger partial charge in [-0.25, -0.2) is 0 Å². The summed E-state index contributed by atoms with van der Waals surface area (Å²) in [6.45, 7) is 1.47. The third kappa shape index (κ3) is 2.25. The minimum Gasteiger partial charge on any atom is -0.479 e. The lowest BCUT2D eigenvalue weighted by Crippen LogP contribution is -2.35. The highest BCUT2D eigenvalue weighted by molar-refractivity contribution is 14.1. The molecule has 2 heterocycles. The lowest BCUT2D eigenvalue weighted by Gasteiger charge is -2.35. The van der Waals surface area contributed by atoms with Gasteiger partial charge in [0.1, 0.15) is 0 Å². The van der Waals surface area contributed by atoms with Gasteiger partial charge in [0.15, 0.2) is 5.79 Å². The van der Waals surface area contributed by atoms with E-state index in [1.165, 1.54) is 0 Å². The Hall–Kier alpha value is -0.340. The monoisotopic (exact) mass is 364 g/mol. The molecule has 1 spiro atoms. The third-order valence-electron chi connectivity index (χ3n) is 3.75. The molecular weight excluding hydrogens is 347 g/mol. The molecule has 5 nitrogen and oxygen atoms in total. The summed E-state index contributed by atoms with van der Waals surface area (Å²) in [5.74, 6) is 0.421. The van der Waals surface area contributed by atoms with Gasteiger partial charge in [0, 0.05) is 19.0 Å². The van der Waals surface area contributed by atoms with Crippen molar-refractivity contribution in [2.45, 2.75) is 37.5 Å². The van der Waals surface area contributed by atoms with Gasteiger partial charge in [0.05, 0.1) is 29.9 Å². The van der Waals surface area contributed by atoms with E-state index < -0.39 is 0 Å². The van der Waals surface area contributed by atoms with Gasteiger partial charge in [0.25, 0.3) is 0 Å². The molecule has 0 amide bonds. The molecule has 18 heavy (non-hydrogen) atoms. The SMILES string of the molecule is COc1nn(C2CCC3(CC2)OCCO3)cc1I. The smallest absolute Gasteiger partial charge is 0.246 e. The first kappa shape index (κ1) is 12.7. The normalized spacial score (nSPS) is 23.7. The van der Waals surface area contributed by atoms with Gasteiger partial charge in [-0.15, -0.1) is 5.10 Å². The van der Waals surface area contributed by atoms with Crippen LogP contribution in [-0.2, 0) is 9.47 Å². The zero-order valence-electron chi connectivity index (χ0n) is 10.4. The molecule has 0 unspecified atom stereocenters. The number of aromatic nitrogens is 2. The van der Waals surface area contributed by atoms with E-state index in [2.05, 4.69) is 33.9 Å². The number of methoxy groups -OCH3 is 1. The van der Waals surface area contributed by atoms with E-state index in [-0.39, 0.29) is 5.79 Å². The van der Waals surface area contributed by atoms with E-state index in [1.807, 2.05) is 4.68 Å². The summed E-state index contributed by atoms with van der Waals surface area (Å²) in [5.41, 5.74) is 0. The van der Waals surface area contributed by atoms with Crippen LogP contribution in [-0.4, -0.2) is 35.9 Å². The fourth-order valence-electron chi connectivity index (χ4n) is 2.77. The van der Waals surface area contributed by atoms with Crippen LogP contribution in [0, 0.1) is 3.57 Å². The zero-order chi connectivity index (χ0) is 12.6. The molecule has 0 atom stereocenters. The first-order chi connectivity index (χ1) is 8.72. The minimum absolute atomic E-state index is 0.291. The van der Waals surface area contributed by atoms with Gasteiger partial charge in [-0.2, -0.15) is 0 Å². The van der Waals surface area contributed by atoms with Crippen molar-refractivity contribution in [2.75, 3.05) is 20.3 Å². The Labute approximate surface area is 120 Å². The van der Waals surface area contributed by atoms with Gasteiger partial charge in [-0.1, -0.05) is 0 Å². The molecule has 0 radical (unpaired) electrons. The predicted octanol–water partition coefficient (Wildman–Crippen LogP) is 2.35. The van der Waals surface area contributed by atoms with Crippen LogP contribution >= 0.6 is 22.6 Å². The summed E-state index contributed by atoms with van der Waals surface area (Å²) in [7, 11) is 1.66. The molecule has 2 aliphatic rings. The Morgan fingerprint density at radius 3 is 2.61 bits per heavy atom. The Balaban J connectivity index is 1.68. The van der Waals surface area contributed by atoms with E-state index in [9.17, 15) is 0 Å². The lowest BCUT2D eigenvalue weighted by molar-refractivity contribution is -0.181. The van der Waals surface area contributed by atoms with Crippen LogP contribution in [0.1, 0.15) is 31.7 Å². The molecule has 100 valence electrons. The van der Waals surface area contributed by atoms with E-state index in [1.54, 1.807) is 7.11 Å². The quantitative estimate of drug-likeness (QED) is 0.756. The maximum atomic E-state index is 5.74. The number of rotatable bonds is 2. The highest BCUT2D eigenvalue weighted by atomic mass is 127. The summed E-state index contributed by atoms with van der Waals surface area (Å²) < 4.78 is 19.8. The molecule has 1 aromatic rings. The Morgan fingerprint density at radius 1 is 1.39 bits per heavy atom. The molecule has 0 bridgehead atoms. The molecule has 0 aromatic carbocycles. The van der Waals surface area contributed by atoms with Gasteiger partial charge in [0.2, 0.25) is 5.88 Å². The second-order valence-electron chi connectivity index (χ2n) is 4.81. The summed E-state index contributed by atoms with van der Waals surface area (Å²) in [6.07, 6.45) is 6.05. The second kappa shape index (κ2) is 4.97. The number of hydrogen-bond acceptors (Lipinski definition) is 4. The topological polar surface area (TPSA) is 45.5 Å². The van der Waals surface area contributed by atoms with Crippen molar-refractivity contribution < 1.29 is 14.2 Å². The molecular formula is C12H17IN2O3. The molecule has 1 aliphatic carbocycles. The van der Waals surface area contributed by atoms with Crippen molar-refractivity contribution in [3.63, 3.8) is 0 Å². The average molecular weight is 364 g/mol. The zero-order valence-corrected chi connectivity index (χ0v) is 12.6. The highest BCUT2D eigenvalue weighted by Crippen LogP contribution is 2.40. The highest BCUT2D eigenvalue weighted by Gasteiger charge is 2.40. The van der Waals surface area contributed by atoms with Crippen molar-refractivity contribution in [2.24, 2.45) is 0 Å². The molecule has 1 saturated carbocycles. The Kier molecular flexibility index (Phi) is 3.50. The van der Waals surface area contributed by atoms with Gasteiger partial charge >= 0.3 is 0 Å². The van der Waals surface area contributed by atoms with Crippen molar-refractivity contribution in [3.05, 3.63) is 9.77 Å².